The Bertz CT molecular complexity index is 1780. The molecule has 1 atom stereocenters. The lowest BCUT2D eigenvalue weighted by Gasteiger charge is -2.30. The minimum absolute atomic E-state index is 0.157. The Balaban J connectivity index is 1.63. The summed E-state index contributed by atoms with van der Waals surface area (Å²) in [5.41, 5.74) is 7.44. The van der Waals surface area contributed by atoms with E-state index in [9.17, 15) is 26.0 Å². The van der Waals surface area contributed by atoms with Gasteiger partial charge in [0.05, 0.1) is 16.2 Å². The third kappa shape index (κ3) is 6.95. The summed E-state index contributed by atoms with van der Waals surface area (Å²) in [6, 6.07) is 23.1. The molecule has 0 spiro atoms. The van der Waals surface area contributed by atoms with Crippen LogP contribution in [0.2, 0.25) is 0 Å². The largest absolute Gasteiger partial charge is 0.416 e. The van der Waals surface area contributed by atoms with E-state index in [0.717, 1.165) is 17.7 Å². The molecule has 1 aliphatic rings. The molecular formula is C30H24F4N6O2S. The van der Waals surface area contributed by atoms with Gasteiger partial charge in [-0.3, -0.25) is 4.98 Å². The Morgan fingerprint density at radius 3 is 2.21 bits per heavy atom. The lowest BCUT2D eigenvalue weighted by Crippen LogP contribution is -2.36. The number of hydrazone groups is 1. The number of sulfonamides is 1. The van der Waals surface area contributed by atoms with E-state index in [-0.39, 0.29) is 24.0 Å². The minimum Gasteiger partial charge on any atom is -0.382 e. The van der Waals surface area contributed by atoms with Crippen LogP contribution in [0.15, 0.2) is 123 Å². The van der Waals surface area contributed by atoms with Crippen molar-refractivity contribution in [1.82, 2.24) is 9.99 Å². The molecule has 0 amide bonds. The maximum Gasteiger partial charge on any atom is 0.416 e. The number of pyridine rings is 1. The summed E-state index contributed by atoms with van der Waals surface area (Å²) in [7, 11) is -4.58. The predicted octanol–water partition coefficient (Wildman–Crippen LogP) is 5.58. The molecule has 0 saturated heterocycles. The number of hydrogen-bond acceptors (Lipinski definition) is 4. The Kier molecular flexibility index (Phi) is 8.35. The molecule has 2 heterocycles. The van der Waals surface area contributed by atoms with E-state index in [1.54, 1.807) is 30.3 Å². The third-order valence-corrected chi connectivity index (χ3v) is 7.86. The number of nitrogens with two attached hydrogens (primary N) is 1. The van der Waals surface area contributed by atoms with Crippen molar-refractivity contribution in [2.75, 3.05) is 6.54 Å². The molecule has 8 nitrogen and oxygen atoms in total. The zero-order valence-corrected chi connectivity index (χ0v) is 23.2. The molecule has 0 bridgehead atoms. The van der Waals surface area contributed by atoms with Gasteiger partial charge in [-0.05, 0) is 66.1 Å². The number of halogens is 4. The molecule has 3 aromatic carbocycles. The van der Waals surface area contributed by atoms with Crippen LogP contribution in [-0.4, -0.2) is 42.5 Å². The number of alkyl halides is 3. The molecule has 4 aromatic rings. The number of benzene rings is 3. The highest BCUT2D eigenvalue weighted by Gasteiger charge is 2.32. The quantitative estimate of drug-likeness (QED) is 0.181. The van der Waals surface area contributed by atoms with Gasteiger partial charge in [0.25, 0.3) is 16.0 Å². The van der Waals surface area contributed by atoms with Gasteiger partial charge < -0.3 is 5.73 Å². The van der Waals surface area contributed by atoms with Gasteiger partial charge in [0, 0.05) is 18.7 Å². The zero-order valence-electron chi connectivity index (χ0n) is 22.4. The number of aliphatic imine (C=N–C) groups is 1. The monoisotopic (exact) mass is 608 g/mol. The molecule has 2 N–H and O–H groups in total. The molecule has 1 aliphatic heterocycles. The normalized spacial score (nSPS) is 16.6. The summed E-state index contributed by atoms with van der Waals surface area (Å²) < 4.78 is 83.5. The number of rotatable bonds is 5. The maximum atomic E-state index is 13.8. The molecule has 1 unspecified atom stereocenters. The predicted molar refractivity (Wildman–Crippen MR) is 154 cm³/mol. The first-order valence-corrected chi connectivity index (χ1v) is 14.4. The highest BCUT2D eigenvalue weighted by atomic mass is 32.2. The first kappa shape index (κ1) is 29.6. The fourth-order valence-electron chi connectivity index (χ4n) is 4.45. The van der Waals surface area contributed by atoms with Crippen LogP contribution in [0, 0.1) is 5.82 Å². The minimum atomic E-state index is -4.65. The summed E-state index contributed by atoms with van der Waals surface area (Å²) in [5, 5.41) is 5.97. The number of nitrogens with zero attached hydrogens (tertiary/aromatic N) is 5. The summed E-state index contributed by atoms with van der Waals surface area (Å²) >= 11 is 0. The van der Waals surface area contributed by atoms with E-state index in [1.165, 1.54) is 23.3 Å². The molecule has 0 saturated carbocycles. The Hall–Kier alpha value is -4.91. The zero-order chi connectivity index (χ0) is 30.6. The first-order valence-electron chi connectivity index (χ1n) is 13.0. The van der Waals surface area contributed by atoms with Gasteiger partial charge in [0.15, 0.2) is 5.84 Å². The molecule has 13 heteroatoms. The van der Waals surface area contributed by atoms with Crippen molar-refractivity contribution in [3.8, 4) is 0 Å². The molecule has 43 heavy (non-hydrogen) atoms. The lowest BCUT2D eigenvalue weighted by atomic mass is 9.86. The second-order valence-corrected chi connectivity index (χ2v) is 11.1. The average molecular weight is 609 g/mol. The van der Waals surface area contributed by atoms with E-state index in [0.29, 0.717) is 29.8 Å². The van der Waals surface area contributed by atoms with Crippen LogP contribution in [0.4, 0.5) is 17.6 Å². The van der Waals surface area contributed by atoms with Gasteiger partial charge in [-0.15, -0.1) is 4.40 Å². The summed E-state index contributed by atoms with van der Waals surface area (Å²) in [5.74, 6) is -1.25. The number of aromatic nitrogens is 1. The van der Waals surface area contributed by atoms with E-state index in [4.69, 9.17) is 10.8 Å². The van der Waals surface area contributed by atoms with Crippen molar-refractivity contribution in [2.45, 2.75) is 23.4 Å². The number of amidine groups is 1. The summed E-state index contributed by atoms with van der Waals surface area (Å²) in [4.78, 5) is 7.91. The van der Waals surface area contributed by atoms with Crippen molar-refractivity contribution >= 4 is 27.5 Å². The Morgan fingerprint density at radius 1 is 0.907 bits per heavy atom. The van der Waals surface area contributed by atoms with Crippen LogP contribution in [0.5, 0.6) is 0 Å². The molecule has 220 valence electrons. The van der Waals surface area contributed by atoms with Gasteiger partial charge in [-0.25, -0.2) is 9.40 Å². The second-order valence-electron chi connectivity index (χ2n) is 9.47. The van der Waals surface area contributed by atoms with Crippen molar-refractivity contribution in [2.24, 2.45) is 20.2 Å². The topological polar surface area (TPSA) is 113 Å². The van der Waals surface area contributed by atoms with E-state index < -0.39 is 38.4 Å². The van der Waals surface area contributed by atoms with E-state index in [1.807, 2.05) is 30.3 Å². The SMILES string of the molecule is NC(=NC(=NS(=O)(=O)c1ccc(C(F)(F)F)cc1)N1CCC(c2ccccc2)C(c2ccc(F)cc2)=N1)c1ccccn1. The summed E-state index contributed by atoms with van der Waals surface area (Å²) in [6.07, 6.45) is -2.73. The van der Waals surface area contributed by atoms with Crippen LogP contribution in [-0.2, 0) is 16.2 Å². The maximum absolute atomic E-state index is 13.8. The van der Waals surface area contributed by atoms with Crippen LogP contribution >= 0.6 is 0 Å². The molecule has 5 rings (SSSR count). The fraction of sp³-hybridized carbons (Fsp3) is 0.133. The molecule has 0 radical (unpaired) electrons. The van der Waals surface area contributed by atoms with Crippen molar-refractivity contribution < 1.29 is 26.0 Å². The van der Waals surface area contributed by atoms with Crippen molar-refractivity contribution in [3.05, 3.63) is 131 Å². The van der Waals surface area contributed by atoms with Gasteiger partial charge in [0.2, 0.25) is 0 Å². The third-order valence-electron chi connectivity index (χ3n) is 6.59. The van der Waals surface area contributed by atoms with Gasteiger partial charge in [-0.2, -0.15) is 31.7 Å². The molecule has 1 aromatic heterocycles. The highest BCUT2D eigenvalue weighted by molar-refractivity contribution is 7.90. The van der Waals surface area contributed by atoms with Crippen LogP contribution < -0.4 is 5.73 Å². The molecule has 0 aliphatic carbocycles. The van der Waals surface area contributed by atoms with Gasteiger partial charge in [0.1, 0.15) is 11.5 Å². The highest BCUT2D eigenvalue weighted by Crippen LogP contribution is 2.32. The van der Waals surface area contributed by atoms with E-state index >= 15 is 0 Å². The lowest BCUT2D eigenvalue weighted by molar-refractivity contribution is -0.137. The van der Waals surface area contributed by atoms with Crippen molar-refractivity contribution in [3.63, 3.8) is 0 Å². The average Bonchev–Trinajstić information content (AvgIpc) is 3.01. The first-order chi connectivity index (χ1) is 20.5. The van der Waals surface area contributed by atoms with Crippen molar-refractivity contribution in [1.29, 1.82) is 0 Å². The van der Waals surface area contributed by atoms with Crippen LogP contribution in [0.3, 0.4) is 0 Å². The standard InChI is InChI=1S/C30H24F4N6O2S/c31-23-13-9-21(10-14-23)27-25(20-6-2-1-3-7-20)17-19-40(38-27)29(37-28(35)26-8-4-5-18-36-26)39-43(41,42)24-15-11-22(12-16-24)30(32,33)34/h1-16,18,25H,17,19H2,(H2,35,37,39). The molecule has 0 fully saturated rings. The Morgan fingerprint density at radius 2 is 1.58 bits per heavy atom. The summed E-state index contributed by atoms with van der Waals surface area (Å²) in [6.45, 7) is 0.157. The number of hydrogen-bond donors (Lipinski definition) is 1. The number of guanidine groups is 1. The van der Waals surface area contributed by atoms with Crippen LogP contribution in [0.25, 0.3) is 0 Å². The van der Waals surface area contributed by atoms with E-state index in [2.05, 4.69) is 14.4 Å². The Labute approximate surface area is 245 Å². The fourth-order valence-corrected chi connectivity index (χ4v) is 5.39. The second kappa shape index (κ2) is 12.1. The smallest absolute Gasteiger partial charge is 0.382 e. The van der Waals surface area contributed by atoms with Crippen LogP contribution in [0.1, 0.15) is 34.7 Å². The molecular weight excluding hydrogens is 584 g/mol. The van der Waals surface area contributed by atoms with Gasteiger partial charge in [-0.1, -0.05) is 48.5 Å². The van der Waals surface area contributed by atoms with Gasteiger partial charge >= 0.3 is 6.18 Å².